The second-order valence-corrected chi connectivity index (χ2v) is 17.0. The van der Waals surface area contributed by atoms with Gasteiger partial charge < -0.3 is 14.4 Å². The van der Waals surface area contributed by atoms with Gasteiger partial charge in [-0.25, -0.2) is 0 Å². The largest absolute Gasteiger partial charge is 0.374 e. The Morgan fingerprint density at radius 3 is 2.45 bits per heavy atom. The van der Waals surface area contributed by atoms with Crippen molar-refractivity contribution in [3.63, 3.8) is 0 Å². The summed E-state index contributed by atoms with van der Waals surface area (Å²) in [4.78, 5) is 2.58. The lowest BCUT2D eigenvalue weighted by Gasteiger charge is -2.61. The molecule has 0 amide bonds. The summed E-state index contributed by atoms with van der Waals surface area (Å²) in [6, 6.07) is 8.65. The zero-order valence-electron chi connectivity index (χ0n) is 27.6. The van der Waals surface area contributed by atoms with Crippen LogP contribution in [0.15, 0.2) is 28.7 Å². The molecule has 4 saturated carbocycles. The number of halogens is 1. The maximum atomic E-state index is 7.03. The van der Waals surface area contributed by atoms with E-state index >= 15 is 0 Å². The maximum Gasteiger partial charge on any atom is 0.0720 e. The van der Waals surface area contributed by atoms with Crippen molar-refractivity contribution in [3.05, 3.63) is 34.3 Å². The van der Waals surface area contributed by atoms with Crippen LogP contribution >= 0.6 is 15.9 Å². The zero-order valence-corrected chi connectivity index (χ0v) is 29.2. The van der Waals surface area contributed by atoms with Gasteiger partial charge in [0.05, 0.1) is 24.9 Å². The van der Waals surface area contributed by atoms with E-state index < -0.39 is 0 Å². The monoisotopic (exact) mass is 641 g/mol. The molecule has 1 aliphatic heterocycles. The lowest BCUT2D eigenvalue weighted by atomic mass is 9.44. The molecular weight excluding hydrogens is 582 g/mol. The van der Waals surface area contributed by atoms with Crippen molar-refractivity contribution in [3.8, 4) is 0 Å². The summed E-state index contributed by atoms with van der Waals surface area (Å²) >= 11 is 3.56. The summed E-state index contributed by atoms with van der Waals surface area (Å²) in [5.74, 6) is 5.79. The third-order valence-electron chi connectivity index (χ3n) is 14.0. The van der Waals surface area contributed by atoms with Crippen LogP contribution < -0.4 is 0 Å². The molecule has 0 aromatic heterocycles. The second-order valence-electron chi connectivity index (χ2n) is 16.0. The fourth-order valence-electron chi connectivity index (χ4n) is 11.6. The Balaban J connectivity index is 1.05. The molecular formula is C38H60BrNO2. The van der Waals surface area contributed by atoms with Gasteiger partial charge in [-0.3, -0.25) is 0 Å². The van der Waals surface area contributed by atoms with Gasteiger partial charge in [-0.05, 0) is 147 Å². The fourth-order valence-corrected chi connectivity index (χ4v) is 11.9. The third-order valence-corrected chi connectivity index (χ3v) is 14.5. The molecule has 12 atom stereocenters. The smallest absolute Gasteiger partial charge is 0.0720 e. The van der Waals surface area contributed by atoms with Gasteiger partial charge >= 0.3 is 0 Å². The van der Waals surface area contributed by atoms with E-state index in [1.165, 1.54) is 89.4 Å². The molecule has 0 bridgehead atoms. The highest BCUT2D eigenvalue weighted by molar-refractivity contribution is 9.10. The van der Waals surface area contributed by atoms with Crippen molar-refractivity contribution < 1.29 is 9.47 Å². The average Bonchev–Trinajstić information content (AvgIpc) is 3.47. The predicted molar refractivity (Wildman–Crippen MR) is 177 cm³/mol. The van der Waals surface area contributed by atoms with Crippen molar-refractivity contribution in [2.75, 3.05) is 19.6 Å². The van der Waals surface area contributed by atoms with Crippen LogP contribution in [0.25, 0.3) is 0 Å². The second kappa shape index (κ2) is 12.8. The number of ether oxygens (including phenoxy) is 2. The summed E-state index contributed by atoms with van der Waals surface area (Å²) in [6.07, 6.45) is 15.0. The minimum atomic E-state index is 0.434. The van der Waals surface area contributed by atoms with Gasteiger partial charge in [-0.1, -0.05) is 69.6 Å². The Hall–Kier alpha value is -0.420. The summed E-state index contributed by atoms with van der Waals surface area (Å²) in [5, 5.41) is 0. The Morgan fingerprint density at radius 2 is 1.71 bits per heavy atom. The van der Waals surface area contributed by atoms with Gasteiger partial charge in [0.25, 0.3) is 0 Å². The van der Waals surface area contributed by atoms with Gasteiger partial charge in [0, 0.05) is 11.0 Å². The minimum Gasteiger partial charge on any atom is -0.374 e. The van der Waals surface area contributed by atoms with E-state index in [9.17, 15) is 0 Å². The standard InChI is InChI=1S/C38H60BrNO2/c1-7-40(8-2)23-25(3)9-16-34-26(4)36-35(42-34)22-33-31-15-12-28-21-30(41-24-27-10-13-29(39)14-11-27)17-19-37(28,5)32(31)18-20-38(33,36)6/h10-11,13-14,25-26,28,30-36H,7-9,12,15-24H2,1-6H3/t25-,26+,28+,30-,31+,32-,33-,34+,35-,36-,37-,38-/m0/s1. The number of benzene rings is 1. The molecule has 4 heteroatoms. The molecule has 5 aliphatic rings. The first-order valence-electron chi connectivity index (χ1n) is 17.9. The van der Waals surface area contributed by atoms with E-state index in [-0.39, 0.29) is 0 Å². The molecule has 0 N–H and O–H groups in total. The van der Waals surface area contributed by atoms with Crippen molar-refractivity contribution in [1.82, 2.24) is 4.90 Å². The summed E-state index contributed by atoms with van der Waals surface area (Å²) in [6.45, 7) is 19.4. The Kier molecular flexibility index (Phi) is 9.59. The Morgan fingerprint density at radius 1 is 0.976 bits per heavy atom. The number of nitrogens with zero attached hydrogens (tertiary/aromatic N) is 1. The van der Waals surface area contributed by atoms with Crippen LogP contribution in [0.5, 0.6) is 0 Å². The molecule has 5 fully saturated rings. The SMILES string of the molecule is CCN(CC)C[C@@H](C)CC[C@H]1O[C@H]2C[C@H]3[C@@H]4CC[C@@H]5C[C@@H](OCc6ccc(Br)cc6)CC[C@]5(C)[C@H]4CC[C@]3(C)[C@H]2[C@@H]1C. The molecule has 0 unspecified atom stereocenters. The van der Waals surface area contributed by atoms with Gasteiger partial charge in [-0.2, -0.15) is 0 Å². The normalized spacial score (nSPS) is 43.5. The number of hydrogen-bond acceptors (Lipinski definition) is 3. The number of fused-ring (bicyclic) bond motifs is 7. The molecule has 4 aliphatic carbocycles. The molecule has 236 valence electrons. The van der Waals surface area contributed by atoms with E-state index in [0.29, 0.717) is 35.1 Å². The molecule has 1 heterocycles. The first kappa shape index (κ1) is 31.6. The van der Waals surface area contributed by atoms with Crippen LogP contribution in [0.2, 0.25) is 0 Å². The van der Waals surface area contributed by atoms with Gasteiger partial charge in [0.15, 0.2) is 0 Å². The lowest BCUT2D eigenvalue weighted by Crippen LogP contribution is -2.54. The van der Waals surface area contributed by atoms with E-state index in [4.69, 9.17) is 9.47 Å². The van der Waals surface area contributed by atoms with Gasteiger partial charge in [0.2, 0.25) is 0 Å². The first-order valence-corrected chi connectivity index (χ1v) is 18.7. The lowest BCUT2D eigenvalue weighted by molar-refractivity contribution is -0.139. The summed E-state index contributed by atoms with van der Waals surface area (Å²) in [7, 11) is 0. The number of rotatable bonds is 10. The van der Waals surface area contributed by atoms with Crippen LogP contribution in [0.1, 0.15) is 111 Å². The molecule has 1 saturated heterocycles. The predicted octanol–water partition coefficient (Wildman–Crippen LogP) is 9.76. The van der Waals surface area contributed by atoms with Crippen LogP contribution in [-0.4, -0.2) is 42.8 Å². The highest BCUT2D eigenvalue weighted by atomic mass is 79.9. The van der Waals surface area contributed by atoms with Crippen molar-refractivity contribution in [2.24, 2.45) is 52.3 Å². The zero-order chi connectivity index (χ0) is 29.6. The highest BCUT2D eigenvalue weighted by Crippen LogP contribution is 2.70. The molecule has 6 rings (SSSR count). The topological polar surface area (TPSA) is 21.7 Å². The fraction of sp³-hybridized carbons (Fsp3) is 0.842. The van der Waals surface area contributed by atoms with Crippen molar-refractivity contribution in [2.45, 2.75) is 131 Å². The third kappa shape index (κ3) is 5.82. The van der Waals surface area contributed by atoms with Gasteiger partial charge in [-0.15, -0.1) is 0 Å². The quantitative estimate of drug-likeness (QED) is 0.254. The minimum absolute atomic E-state index is 0.434. The molecule has 0 radical (unpaired) electrons. The molecule has 42 heavy (non-hydrogen) atoms. The first-order chi connectivity index (χ1) is 20.2. The molecule has 1 aromatic rings. The van der Waals surface area contributed by atoms with E-state index in [1.54, 1.807) is 0 Å². The summed E-state index contributed by atoms with van der Waals surface area (Å²) in [5.41, 5.74) is 2.29. The molecule has 1 aromatic carbocycles. The van der Waals surface area contributed by atoms with E-state index in [2.05, 4.69) is 86.6 Å². The van der Waals surface area contributed by atoms with E-state index in [1.807, 2.05) is 0 Å². The van der Waals surface area contributed by atoms with Gasteiger partial charge in [0.1, 0.15) is 0 Å². The van der Waals surface area contributed by atoms with Crippen molar-refractivity contribution in [1.29, 1.82) is 0 Å². The average molecular weight is 643 g/mol. The van der Waals surface area contributed by atoms with E-state index in [0.717, 1.165) is 46.6 Å². The van der Waals surface area contributed by atoms with Crippen LogP contribution in [0.3, 0.4) is 0 Å². The van der Waals surface area contributed by atoms with Crippen molar-refractivity contribution >= 4 is 15.9 Å². The Bertz CT molecular complexity index is 1040. The van der Waals surface area contributed by atoms with Crippen LogP contribution in [-0.2, 0) is 16.1 Å². The molecule has 3 nitrogen and oxygen atoms in total. The Labute approximate surface area is 266 Å². The highest BCUT2D eigenvalue weighted by Gasteiger charge is 2.65. The molecule has 0 spiro atoms. The van der Waals surface area contributed by atoms with Crippen LogP contribution in [0.4, 0.5) is 0 Å². The maximum absolute atomic E-state index is 7.03. The number of hydrogen-bond donors (Lipinski definition) is 0. The summed E-state index contributed by atoms with van der Waals surface area (Å²) < 4.78 is 14.7. The van der Waals surface area contributed by atoms with Crippen LogP contribution in [0, 0.1) is 52.3 Å².